The first-order valence-electron chi connectivity index (χ1n) is 6.37. The van der Waals surface area contributed by atoms with E-state index in [0.29, 0.717) is 12.7 Å². The zero-order valence-corrected chi connectivity index (χ0v) is 10.9. The van der Waals surface area contributed by atoms with Crippen molar-refractivity contribution in [1.29, 1.82) is 0 Å². The van der Waals surface area contributed by atoms with E-state index < -0.39 is 0 Å². The monoisotopic (exact) mass is 233 g/mol. The lowest BCUT2D eigenvalue weighted by Gasteiger charge is -2.11. The predicted octanol–water partition coefficient (Wildman–Crippen LogP) is 3.10. The van der Waals surface area contributed by atoms with Crippen molar-refractivity contribution in [1.82, 2.24) is 5.32 Å². The molecule has 0 saturated heterocycles. The molecule has 0 amide bonds. The maximum Gasteiger partial charge on any atom is 0.0654 e. The summed E-state index contributed by atoms with van der Waals surface area (Å²) in [6.45, 7) is 6.98. The van der Waals surface area contributed by atoms with Gasteiger partial charge in [0.15, 0.2) is 0 Å². The molecule has 1 unspecified atom stereocenters. The molecule has 0 aliphatic carbocycles. The minimum Gasteiger partial charge on any atom is -0.374 e. The van der Waals surface area contributed by atoms with E-state index in [1.807, 2.05) is 18.2 Å². The van der Waals surface area contributed by atoms with Crippen molar-refractivity contribution in [2.75, 3.05) is 19.7 Å². The van der Waals surface area contributed by atoms with Crippen LogP contribution in [0.3, 0.4) is 0 Å². The molecule has 0 bridgehead atoms. The van der Waals surface area contributed by atoms with Crippen molar-refractivity contribution < 1.29 is 4.74 Å². The highest BCUT2D eigenvalue weighted by Gasteiger charge is 1.99. The molecule has 0 spiro atoms. The van der Waals surface area contributed by atoms with Gasteiger partial charge in [-0.05, 0) is 32.0 Å². The quantitative estimate of drug-likeness (QED) is 0.697. The van der Waals surface area contributed by atoms with E-state index in [1.165, 1.54) is 5.56 Å². The van der Waals surface area contributed by atoms with Gasteiger partial charge < -0.3 is 10.1 Å². The minimum absolute atomic E-state index is 0.314. The van der Waals surface area contributed by atoms with Crippen LogP contribution in [0.1, 0.15) is 25.8 Å². The number of rotatable bonds is 8. The number of nitrogens with one attached hydrogen (secondary N) is 1. The van der Waals surface area contributed by atoms with Gasteiger partial charge in [-0.2, -0.15) is 0 Å². The van der Waals surface area contributed by atoms with Gasteiger partial charge in [-0.25, -0.2) is 0 Å². The molecule has 1 rings (SSSR count). The van der Waals surface area contributed by atoms with E-state index >= 15 is 0 Å². The standard InChI is InChI=1S/C15H23NO/c1-3-16-12-11-14(2)17-13-7-10-15-8-5-4-6-9-15/h4-10,14,16H,3,11-13H2,1-2H3. The first-order chi connectivity index (χ1) is 8.33. The van der Waals surface area contributed by atoms with Gasteiger partial charge in [0.1, 0.15) is 0 Å². The summed E-state index contributed by atoms with van der Waals surface area (Å²) in [5.74, 6) is 0. The molecule has 0 aliphatic rings. The van der Waals surface area contributed by atoms with Crippen LogP contribution in [0.4, 0.5) is 0 Å². The van der Waals surface area contributed by atoms with Crippen LogP contribution >= 0.6 is 0 Å². The first-order valence-corrected chi connectivity index (χ1v) is 6.37. The third-order valence-corrected chi connectivity index (χ3v) is 2.56. The van der Waals surface area contributed by atoms with Gasteiger partial charge in [0.2, 0.25) is 0 Å². The fraction of sp³-hybridized carbons (Fsp3) is 0.467. The van der Waals surface area contributed by atoms with Gasteiger partial charge in [0.25, 0.3) is 0 Å². The van der Waals surface area contributed by atoms with Crippen LogP contribution in [0.15, 0.2) is 36.4 Å². The van der Waals surface area contributed by atoms with Crippen molar-refractivity contribution in [3.8, 4) is 0 Å². The minimum atomic E-state index is 0.314. The zero-order valence-electron chi connectivity index (χ0n) is 10.9. The summed E-state index contributed by atoms with van der Waals surface area (Å²) in [6, 6.07) is 10.3. The van der Waals surface area contributed by atoms with E-state index in [4.69, 9.17) is 4.74 Å². The van der Waals surface area contributed by atoms with Crippen molar-refractivity contribution in [2.24, 2.45) is 0 Å². The van der Waals surface area contributed by atoms with Crippen LogP contribution in [-0.4, -0.2) is 25.8 Å². The second-order valence-electron chi connectivity index (χ2n) is 4.10. The number of hydrogen-bond acceptors (Lipinski definition) is 2. The summed E-state index contributed by atoms with van der Waals surface area (Å²) in [5.41, 5.74) is 1.22. The molecule has 1 N–H and O–H groups in total. The van der Waals surface area contributed by atoms with Crippen LogP contribution in [0.25, 0.3) is 6.08 Å². The molecule has 1 aromatic carbocycles. The molecule has 0 saturated carbocycles. The summed E-state index contributed by atoms with van der Waals surface area (Å²) in [6.07, 6.45) is 5.54. The Morgan fingerprint density at radius 3 is 2.76 bits per heavy atom. The molecule has 0 aliphatic heterocycles. The van der Waals surface area contributed by atoms with E-state index in [1.54, 1.807) is 0 Å². The molecule has 2 nitrogen and oxygen atoms in total. The van der Waals surface area contributed by atoms with Gasteiger partial charge in [0, 0.05) is 0 Å². The highest BCUT2D eigenvalue weighted by atomic mass is 16.5. The second kappa shape index (κ2) is 8.97. The lowest BCUT2D eigenvalue weighted by Crippen LogP contribution is -2.20. The first kappa shape index (κ1) is 13.9. The van der Waals surface area contributed by atoms with Gasteiger partial charge in [0.05, 0.1) is 12.7 Å². The Kier molecular flexibility index (Phi) is 7.35. The summed E-state index contributed by atoms with van der Waals surface area (Å²) < 4.78 is 5.68. The van der Waals surface area contributed by atoms with Crippen LogP contribution < -0.4 is 5.32 Å². The Bertz CT molecular complexity index is 308. The Balaban J connectivity index is 2.12. The molecule has 0 fully saturated rings. The van der Waals surface area contributed by atoms with Crippen molar-refractivity contribution in [3.05, 3.63) is 42.0 Å². The van der Waals surface area contributed by atoms with Gasteiger partial charge in [-0.3, -0.25) is 0 Å². The van der Waals surface area contributed by atoms with E-state index in [0.717, 1.165) is 19.5 Å². The molecule has 17 heavy (non-hydrogen) atoms. The summed E-state index contributed by atoms with van der Waals surface area (Å²) >= 11 is 0. The summed E-state index contributed by atoms with van der Waals surface area (Å²) in [4.78, 5) is 0. The molecule has 0 heterocycles. The predicted molar refractivity (Wildman–Crippen MR) is 74.1 cm³/mol. The van der Waals surface area contributed by atoms with Gasteiger partial charge >= 0.3 is 0 Å². The van der Waals surface area contributed by atoms with Gasteiger partial charge in [-0.15, -0.1) is 0 Å². The average Bonchev–Trinajstić information content (AvgIpc) is 2.36. The SMILES string of the molecule is CCNCCC(C)OCC=Cc1ccccc1. The molecule has 0 radical (unpaired) electrons. The second-order valence-corrected chi connectivity index (χ2v) is 4.10. The Morgan fingerprint density at radius 1 is 1.29 bits per heavy atom. The fourth-order valence-electron chi connectivity index (χ4n) is 1.53. The molecule has 0 aromatic heterocycles. The van der Waals surface area contributed by atoms with Crippen LogP contribution in [0.5, 0.6) is 0 Å². The van der Waals surface area contributed by atoms with E-state index in [9.17, 15) is 0 Å². The molecular weight excluding hydrogens is 210 g/mol. The van der Waals surface area contributed by atoms with Gasteiger partial charge in [-0.1, -0.05) is 49.4 Å². The topological polar surface area (TPSA) is 21.3 Å². The Morgan fingerprint density at radius 2 is 2.06 bits per heavy atom. The maximum absolute atomic E-state index is 5.68. The van der Waals surface area contributed by atoms with Crippen LogP contribution in [0.2, 0.25) is 0 Å². The summed E-state index contributed by atoms with van der Waals surface area (Å²) in [7, 11) is 0. The highest BCUT2D eigenvalue weighted by Crippen LogP contribution is 2.02. The maximum atomic E-state index is 5.68. The fourth-order valence-corrected chi connectivity index (χ4v) is 1.53. The molecule has 2 heteroatoms. The molecular formula is C15H23NO. The Hall–Kier alpha value is -1.12. The largest absolute Gasteiger partial charge is 0.374 e. The van der Waals surface area contributed by atoms with E-state index in [2.05, 4.69) is 43.4 Å². The van der Waals surface area contributed by atoms with Crippen molar-refractivity contribution >= 4 is 6.08 Å². The molecule has 1 aromatic rings. The molecule has 94 valence electrons. The average molecular weight is 233 g/mol. The van der Waals surface area contributed by atoms with Crippen molar-refractivity contribution in [3.63, 3.8) is 0 Å². The van der Waals surface area contributed by atoms with Crippen LogP contribution in [-0.2, 0) is 4.74 Å². The zero-order chi connectivity index (χ0) is 12.3. The lowest BCUT2D eigenvalue weighted by molar-refractivity contribution is 0.0824. The number of hydrogen-bond donors (Lipinski definition) is 1. The third kappa shape index (κ3) is 6.93. The molecule has 1 atom stereocenters. The highest BCUT2D eigenvalue weighted by molar-refractivity contribution is 5.48. The van der Waals surface area contributed by atoms with Crippen molar-refractivity contribution in [2.45, 2.75) is 26.4 Å². The smallest absolute Gasteiger partial charge is 0.0654 e. The van der Waals surface area contributed by atoms with Crippen LogP contribution in [0, 0.1) is 0 Å². The normalized spacial score (nSPS) is 13.1. The third-order valence-electron chi connectivity index (χ3n) is 2.56. The van der Waals surface area contributed by atoms with E-state index in [-0.39, 0.29) is 0 Å². The number of ether oxygens (including phenoxy) is 1. The summed E-state index contributed by atoms with van der Waals surface area (Å²) in [5, 5.41) is 3.30. The number of benzene rings is 1. The lowest BCUT2D eigenvalue weighted by atomic mass is 10.2. The Labute approximate surface area is 105 Å².